The number of benzene rings is 2. The van der Waals surface area contributed by atoms with Crippen molar-refractivity contribution in [1.29, 1.82) is 0 Å². The van der Waals surface area contributed by atoms with Gasteiger partial charge in [-0.05, 0) is 47.5 Å². The van der Waals surface area contributed by atoms with Crippen LogP contribution in [0.1, 0.15) is 5.69 Å². The molecule has 0 spiro atoms. The fraction of sp³-hybridized carbons (Fsp3) is 0.0870. The molecule has 4 aromatic rings. The van der Waals surface area contributed by atoms with Crippen LogP contribution in [-0.2, 0) is 6.42 Å². The van der Waals surface area contributed by atoms with Crippen LogP contribution in [0, 0.1) is 0 Å². The lowest BCUT2D eigenvalue weighted by atomic mass is 10.0. The van der Waals surface area contributed by atoms with Gasteiger partial charge in [0.1, 0.15) is 17.3 Å². The Labute approximate surface area is 173 Å². The van der Waals surface area contributed by atoms with E-state index in [9.17, 15) is 10.2 Å². The van der Waals surface area contributed by atoms with Gasteiger partial charge < -0.3 is 21.3 Å². The molecule has 7 heteroatoms. The van der Waals surface area contributed by atoms with Gasteiger partial charge in [0, 0.05) is 36.5 Å². The summed E-state index contributed by atoms with van der Waals surface area (Å²) in [5.74, 6) is 0.975. The third kappa shape index (κ3) is 4.47. The van der Waals surface area contributed by atoms with E-state index in [1.807, 2.05) is 42.5 Å². The Morgan fingerprint density at radius 3 is 2.43 bits per heavy atom. The van der Waals surface area contributed by atoms with E-state index in [2.05, 4.69) is 20.3 Å². The summed E-state index contributed by atoms with van der Waals surface area (Å²) >= 11 is 0. The highest BCUT2D eigenvalue weighted by Gasteiger charge is 2.11. The number of phenols is 2. The van der Waals surface area contributed by atoms with E-state index in [-0.39, 0.29) is 17.4 Å². The van der Waals surface area contributed by atoms with Crippen LogP contribution in [0.3, 0.4) is 0 Å². The second kappa shape index (κ2) is 8.48. The van der Waals surface area contributed by atoms with Crippen molar-refractivity contribution in [2.24, 2.45) is 0 Å². The number of hydrogen-bond acceptors (Lipinski definition) is 7. The molecule has 0 amide bonds. The number of anilines is 2. The van der Waals surface area contributed by atoms with Crippen LogP contribution in [0.25, 0.3) is 22.4 Å². The summed E-state index contributed by atoms with van der Waals surface area (Å²) < 4.78 is 0. The molecule has 30 heavy (non-hydrogen) atoms. The van der Waals surface area contributed by atoms with E-state index in [0.29, 0.717) is 23.6 Å². The predicted octanol–water partition coefficient (Wildman–Crippen LogP) is 3.85. The van der Waals surface area contributed by atoms with Crippen molar-refractivity contribution in [2.45, 2.75) is 6.42 Å². The van der Waals surface area contributed by atoms with Gasteiger partial charge in [-0.2, -0.15) is 4.98 Å². The van der Waals surface area contributed by atoms with E-state index in [4.69, 9.17) is 5.73 Å². The van der Waals surface area contributed by atoms with Gasteiger partial charge >= 0.3 is 0 Å². The molecule has 0 saturated heterocycles. The summed E-state index contributed by atoms with van der Waals surface area (Å²) in [6.07, 6.45) is 2.50. The fourth-order valence-electron chi connectivity index (χ4n) is 3.13. The zero-order valence-electron chi connectivity index (χ0n) is 16.2. The number of nitrogens with zero attached hydrogens (tertiary/aromatic N) is 3. The molecule has 0 unspecified atom stereocenters. The molecule has 2 aromatic heterocycles. The molecule has 7 nitrogen and oxygen atoms in total. The van der Waals surface area contributed by atoms with Crippen molar-refractivity contribution < 1.29 is 10.2 Å². The first kappa shape index (κ1) is 19.2. The Bertz CT molecular complexity index is 1150. The molecule has 0 bridgehead atoms. The third-order valence-electron chi connectivity index (χ3n) is 4.63. The number of hydrogen-bond donors (Lipinski definition) is 4. The van der Waals surface area contributed by atoms with E-state index >= 15 is 0 Å². The molecule has 2 heterocycles. The average Bonchev–Trinajstić information content (AvgIpc) is 2.75. The standard InChI is InChI=1S/C23H21N5O2/c24-23-27-20(14-22(28-23)26-12-10-17-3-1-2-11-25-17)19-13-16(6-9-21(19)30)15-4-7-18(29)8-5-15/h1-9,11,13-14,29-30H,10,12H2,(H3,24,26,27,28). The second-order valence-corrected chi connectivity index (χ2v) is 6.77. The van der Waals surface area contributed by atoms with Gasteiger partial charge in [-0.1, -0.05) is 24.3 Å². The third-order valence-corrected chi connectivity index (χ3v) is 4.63. The van der Waals surface area contributed by atoms with Crippen molar-refractivity contribution >= 4 is 11.8 Å². The summed E-state index contributed by atoms with van der Waals surface area (Å²) in [4.78, 5) is 12.8. The first-order valence-corrected chi connectivity index (χ1v) is 9.49. The van der Waals surface area contributed by atoms with E-state index < -0.39 is 0 Å². The topological polar surface area (TPSA) is 117 Å². The molecule has 0 aliphatic carbocycles. The van der Waals surface area contributed by atoms with E-state index in [1.165, 1.54) is 0 Å². The monoisotopic (exact) mass is 399 g/mol. The molecule has 2 aromatic carbocycles. The maximum atomic E-state index is 10.4. The van der Waals surface area contributed by atoms with Crippen molar-refractivity contribution in [3.63, 3.8) is 0 Å². The molecule has 0 aliphatic rings. The maximum absolute atomic E-state index is 10.4. The van der Waals surface area contributed by atoms with Crippen LogP contribution in [0.15, 0.2) is 72.9 Å². The Morgan fingerprint density at radius 2 is 1.67 bits per heavy atom. The number of aromatic nitrogens is 3. The number of aromatic hydroxyl groups is 2. The van der Waals surface area contributed by atoms with Gasteiger partial charge in [0.15, 0.2) is 0 Å². The highest BCUT2D eigenvalue weighted by Crippen LogP contribution is 2.34. The minimum Gasteiger partial charge on any atom is -0.508 e. The predicted molar refractivity (Wildman–Crippen MR) is 117 cm³/mol. The molecule has 150 valence electrons. The summed E-state index contributed by atoms with van der Waals surface area (Å²) in [6, 6.07) is 19.7. The summed E-state index contributed by atoms with van der Waals surface area (Å²) in [5.41, 5.74) is 9.73. The van der Waals surface area contributed by atoms with Crippen LogP contribution in [-0.4, -0.2) is 31.7 Å². The molecule has 0 radical (unpaired) electrons. The Balaban J connectivity index is 1.59. The molecule has 0 saturated carbocycles. The van der Waals surface area contributed by atoms with Crippen LogP contribution < -0.4 is 11.1 Å². The van der Waals surface area contributed by atoms with Gasteiger partial charge in [0.25, 0.3) is 0 Å². The minimum absolute atomic E-state index is 0.0927. The highest BCUT2D eigenvalue weighted by atomic mass is 16.3. The fourth-order valence-corrected chi connectivity index (χ4v) is 3.13. The summed E-state index contributed by atoms with van der Waals surface area (Å²) in [7, 11) is 0. The quantitative estimate of drug-likeness (QED) is 0.389. The van der Waals surface area contributed by atoms with Crippen molar-refractivity contribution in [3.8, 4) is 33.9 Å². The molecule has 4 rings (SSSR count). The average molecular weight is 399 g/mol. The minimum atomic E-state index is 0.0927. The Hall–Kier alpha value is -4.13. The number of nitrogens with two attached hydrogens (primary N) is 1. The van der Waals surface area contributed by atoms with Gasteiger partial charge in [-0.3, -0.25) is 4.98 Å². The van der Waals surface area contributed by atoms with Gasteiger partial charge in [-0.25, -0.2) is 4.98 Å². The summed E-state index contributed by atoms with van der Waals surface area (Å²) in [6.45, 7) is 0.631. The lowest BCUT2D eigenvalue weighted by molar-refractivity contribution is 0.475. The van der Waals surface area contributed by atoms with Crippen LogP contribution in [0.5, 0.6) is 11.5 Å². The van der Waals surface area contributed by atoms with Gasteiger partial charge in [0.05, 0.1) is 5.69 Å². The number of phenolic OH excluding ortho intramolecular Hbond substituents is 2. The molecule has 0 fully saturated rings. The molecular weight excluding hydrogens is 378 g/mol. The zero-order valence-corrected chi connectivity index (χ0v) is 16.2. The first-order chi connectivity index (χ1) is 14.6. The Morgan fingerprint density at radius 1 is 0.867 bits per heavy atom. The van der Waals surface area contributed by atoms with Gasteiger partial charge in [-0.15, -0.1) is 0 Å². The molecule has 5 N–H and O–H groups in total. The van der Waals surface area contributed by atoms with Crippen molar-refractivity contribution in [2.75, 3.05) is 17.6 Å². The molecular formula is C23H21N5O2. The Kier molecular flexibility index (Phi) is 5.43. The van der Waals surface area contributed by atoms with Crippen LogP contribution in [0.2, 0.25) is 0 Å². The van der Waals surface area contributed by atoms with Gasteiger partial charge in [0.2, 0.25) is 5.95 Å². The smallest absolute Gasteiger partial charge is 0.222 e. The molecule has 0 atom stereocenters. The highest BCUT2D eigenvalue weighted by molar-refractivity contribution is 5.77. The lowest BCUT2D eigenvalue weighted by Gasteiger charge is -2.11. The number of pyridine rings is 1. The number of nitrogens with one attached hydrogen (secondary N) is 1. The van der Waals surface area contributed by atoms with E-state index in [0.717, 1.165) is 23.2 Å². The normalized spacial score (nSPS) is 10.7. The first-order valence-electron chi connectivity index (χ1n) is 9.49. The zero-order chi connectivity index (χ0) is 20.9. The second-order valence-electron chi connectivity index (χ2n) is 6.77. The van der Waals surface area contributed by atoms with Crippen molar-refractivity contribution in [1.82, 2.24) is 15.0 Å². The largest absolute Gasteiger partial charge is 0.508 e. The van der Waals surface area contributed by atoms with Crippen LogP contribution in [0.4, 0.5) is 11.8 Å². The SMILES string of the molecule is Nc1nc(NCCc2ccccn2)cc(-c2cc(-c3ccc(O)cc3)ccc2O)n1. The number of nitrogen functional groups attached to an aromatic ring is 1. The van der Waals surface area contributed by atoms with Crippen molar-refractivity contribution in [3.05, 3.63) is 78.6 Å². The summed E-state index contributed by atoms with van der Waals surface area (Å²) in [5, 5.41) is 23.2. The van der Waals surface area contributed by atoms with Crippen LogP contribution >= 0.6 is 0 Å². The molecule has 0 aliphatic heterocycles. The van der Waals surface area contributed by atoms with E-state index in [1.54, 1.807) is 30.5 Å². The maximum Gasteiger partial charge on any atom is 0.222 e. The number of rotatable bonds is 6. The lowest BCUT2D eigenvalue weighted by Crippen LogP contribution is -2.09.